The number of carbonyl (C=O) groups is 1. The summed E-state index contributed by atoms with van der Waals surface area (Å²) in [6.07, 6.45) is -1.28. The predicted molar refractivity (Wildman–Crippen MR) is 88.3 cm³/mol. The second-order valence-corrected chi connectivity index (χ2v) is 7.16. The van der Waals surface area contributed by atoms with E-state index in [4.69, 9.17) is 10.00 Å². The second kappa shape index (κ2) is 7.89. The lowest BCUT2D eigenvalue weighted by Crippen LogP contribution is -2.18. The van der Waals surface area contributed by atoms with Crippen LogP contribution in [-0.2, 0) is 27.5 Å². The van der Waals surface area contributed by atoms with Crippen LogP contribution in [0.3, 0.4) is 0 Å². The van der Waals surface area contributed by atoms with Crippen LogP contribution in [0.2, 0.25) is 0 Å². The summed E-state index contributed by atoms with van der Waals surface area (Å²) in [5, 5.41) is 18.9. The second-order valence-electron chi connectivity index (χ2n) is 7.16. The van der Waals surface area contributed by atoms with Crippen LogP contribution in [0, 0.1) is 51.9 Å². The fourth-order valence-electron chi connectivity index (χ4n) is 3.35. The van der Waals surface area contributed by atoms with Crippen LogP contribution < -0.4 is 0 Å². The van der Waals surface area contributed by atoms with Crippen LogP contribution in [0.1, 0.15) is 25.0 Å². The topological polar surface area (TPSA) is 79.5 Å². The Morgan fingerprint density at radius 1 is 1.18 bits per heavy atom. The monoisotopic (exact) mass is 401 g/mol. The average Bonchev–Trinajstić information content (AvgIpc) is 3.24. The Morgan fingerprint density at radius 3 is 2.07 bits per heavy atom. The summed E-state index contributed by atoms with van der Waals surface area (Å²) in [6, 6.07) is 1.69. The third-order valence-corrected chi connectivity index (χ3v) is 5.10. The molecule has 2 rings (SSSR count). The molecule has 9 heteroatoms. The maximum absolute atomic E-state index is 14.1. The van der Waals surface area contributed by atoms with Crippen molar-refractivity contribution in [2.24, 2.45) is 17.3 Å². The van der Waals surface area contributed by atoms with E-state index in [0.29, 0.717) is 0 Å². The van der Waals surface area contributed by atoms with E-state index >= 15 is 0 Å². The van der Waals surface area contributed by atoms with E-state index in [0.717, 1.165) is 7.11 Å². The summed E-state index contributed by atoms with van der Waals surface area (Å²) in [4.78, 5) is 12.3. The minimum Gasteiger partial charge on any atom is -0.460 e. The minimum atomic E-state index is -1.68. The Labute approximate surface area is 159 Å². The SMILES string of the molecule is C=C(C#N)C(O)C1C(C(=O)OCc2c(F)c(F)c(COC)c(F)c2F)C1(C)C. The number of ether oxygens (including phenoxy) is 2. The van der Waals surface area contributed by atoms with Gasteiger partial charge in [-0.2, -0.15) is 5.26 Å². The molecule has 28 heavy (non-hydrogen) atoms. The van der Waals surface area contributed by atoms with Gasteiger partial charge in [0.2, 0.25) is 0 Å². The smallest absolute Gasteiger partial charge is 0.310 e. The Morgan fingerprint density at radius 2 is 1.64 bits per heavy atom. The van der Waals surface area contributed by atoms with Gasteiger partial charge in [-0.05, 0) is 5.41 Å². The molecule has 1 fully saturated rings. The van der Waals surface area contributed by atoms with Crippen molar-refractivity contribution in [3.63, 3.8) is 0 Å². The van der Waals surface area contributed by atoms with Crippen LogP contribution in [-0.4, -0.2) is 24.3 Å². The molecule has 1 aliphatic carbocycles. The lowest BCUT2D eigenvalue weighted by molar-refractivity contribution is -0.148. The quantitative estimate of drug-likeness (QED) is 0.329. The van der Waals surface area contributed by atoms with Crippen molar-refractivity contribution in [1.29, 1.82) is 5.26 Å². The van der Waals surface area contributed by atoms with Crippen molar-refractivity contribution in [3.05, 3.63) is 46.5 Å². The molecule has 0 bridgehead atoms. The molecule has 0 radical (unpaired) electrons. The van der Waals surface area contributed by atoms with Crippen molar-refractivity contribution in [3.8, 4) is 6.07 Å². The largest absolute Gasteiger partial charge is 0.460 e. The van der Waals surface area contributed by atoms with Crippen molar-refractivity contribution < 1.29 is 36.9 Å². The normalized spacial score (nSPS) is 21.0. The highest BCUT2D eigenvalue weighted by molar-refractivity contribution is 5.78. The number of halogens is 4. The van der Waals surface area contributed by atoms with Gasteiger partial charge < -0.3 is 14.6 Å². The molecule has 1 aliphatic rings. The summed E-state index contributed by atoms with van der Waals surface area (Å²) in [5.41, 5.74) is -2.87. The third kappa shape index (κ3) is 3.62. The lowest BCUT2D eigenvalue weighted by atomic mass is 10.0. The van der Waals surface area contributed by atoms with E-state index in [1.165, 1.54) is 0 Å². The molecule has 152 valence electrons. The molecule has 0 heterocycles. The first kappa shape index (κ1) is 21.9. The van der Waals surface area contributed by atoms with E-state index in [2.05, 4.69) is 11.3 Å². The van der Waals surface area contributed by atoms with Gasteiger partial charge in [0.05, 0.1) is 41.4 Å². The van der Waals surface area contributed by atoms with E-state index in [1.54, 1.807) is 19.9 Å². The number of aliphatic hydroxyl groups is 1. The average molecular weight is 401 g/mol. The number of esters is 1. The van der Waals surface area contributed by atoms with Crippen molar-refractivity contribution in [2.45, 2.75) is 33.2 Å². The third-order valence-electron chi connectivity index (χ3n) is 5.10. The number of nitriles is 1. The molecule has 0 amide bonds. The summed E-state index contributed by atoms with van der Waals surface area (Å²) in [6.45, 7) is 4.96. The molecule has 1 aromatic carbocycles. The lowest BCUT2D eigenvalue weighted by Gasteiger charge is -2.12. The highest BCUT2D eigenvalue weighted by atomic mass is 19.2. The van der Waals surface area contributed by atoms with Crippen LogP contribution in [0.25, 0.3) is 0 Å². The molecule has 5 nitrogen and oxygen atoms in total. The predicted octanol–water partition coefficient (Wildman–Crippen LogP) is 3.15. The van der Waals surface area contributed by atoms with Gasteiger partial charge in [0, 0.05) is 13.0 Å². The molecule has 0 aromatic heterocycles. The maximum Gasteiger partial charge on any atom is 0.310 e. The standard InChI is InChI=1S/C19H19F4NO4/c1-8(5-24)17(25)11-12(19(11,2)3)18(26)28-7-10-15(22)13(20)9(6-27-4)14(21)16(10)23/h11-12,17,25H,1,6-7H2,2-4H3. The summed E-state index contributed by atoms with van der Waals surface area (Å²) < 4.78 is 65.4. The van der Waals surface area contributed by atoms with E-state index in [-0.39, 0.29) is 5.57 Å². The number of nitrogens with zero attached hydrogens (tertiary/aromatic N) is 1. The van der Waals surface area contributed by atoms with Gasteiger partial charge in [0.25, 0.3) is 0 Å². The van der Waals surface area contributed by atoms with E-state index in [1.807, 2.05) is 0 Å². The van der Waals surface area contributed by atoms with Crippen molar-refractivity contribution >= 4 is 5.97 Å². The Balaban J connectivity index is 2.18. The van der Waals surface area contributed by atoms with Crippen LogP contribution >= 0.6 is 0 Å². The number of hydrogen-bond donors (Lipinski definition) is 1. The summed E-state index contributed by atoms with van der Waals surface area (Å²) in [5.74, 6) is -9.08. The number of hydrogen-bond acceptors (Lipinski definition) is 5. The molecule has 3 atom stereocenters. The van der Waals surface area contributed by atoms with Crippen molar-refractivity contribution in [1.82, 2.24) is 0 Å². The first-order valence-corrected chi connectivity index (χ1v) is 8.26. The van der Waals surface area contributed by atoms with Gasteiger partial charge in [-0.15, -0.1) is 0 Å². The Bertz CT molecular complexity index is 833. The Hall–Kier alpha value is -2.44. The Kier molecular flexibility index (Phi) is 6.16. The van der Waals surface area contributed by atoms with Gasteiger partial charge in [0.15, 0.2) is 23.3 Å². The molecular formula is C19H19F4NO4. The van der Waals surface area contributed by atoms with Crippen LogP contribution in [0.4, 0.5) is 17.6 Å². The molecule has 1 saturated carbocycles. The molecule has 0 spiro atoms. The highest BCUT2D eigenvalue weighted by Crippen LogP contribution is 2.61. The van der Waals surface area contributed by atoms with Crippen LogP contribution in [0.5, 0.6) is 0 Å². The summed E-state index contributed by atoms with van der Waals surface area (Å²) >= 11 is 0. The number of aliphatic hydroxyl groups excluding tert-OH is 1. The molecule has 3 unspecified atom stereocenters. The molecule has 1 aromatic rings. The van der Waals surface area contributed by atoms with E-state index < -0.39 is 76.9 Å². The molecule has 0 aliphatic heterocycles. The van der Waals surface area contributed by atoms with Crippen molar-refractivity contribution in [2.75, 3.05) is 7.11 Å². The number of methoxy groups -OCH3 is 1. The van der Waals surface area contributed by atoms with Crippen LogP contribution in [0.15, 0.2) is 12.2 Å². The van der Waals surface area contributed by atoms with Gasteiger partial charge in [0.1, 0.15) is 6.61 Å². The zero-order valence-corrected chi connectivity index (χ0v) is 15.5. The zero-order valence-electron chi connectivity index (χ0n) is 15.5. The highest BCUT2D eigenvalue weighted by Gasteiger charge is 2.65. The zero-order chi connectivity index (χ0) is 21.4. The number of benzene rings is 1. The number of rotatable bonds is 7. The van der Waals surface area contributed by atoms with Gasteiger partial charge in [-0.1, -0.05) is 20.4 Å². The van der Waals surface area contributed by atoms with Gasteiger partial charge >= 0.3 is 5.97 Å². The summed E-state index contributed by atoms with van der Waals surface area (Å²) in [7, 11) is 1.10. The number of carbonyl (C=O) groups excluding carboxylic acids is 1. The fraction of sp³-hybridized carbons (Fsp3) is 0.474. The van der Waals surface area contributed by atoms with Gasteiger partial charge in [-0.3, -0.25) is 4.79 Å². The fourth-order valence-corrected chi connectivity index (χ4v) is 3.35. The molecular weight excluding hydrogens is 382 g/mol. The maximum atomic E-state index is 14.1. The molecule has 1 N–H and O–H groups in total. The van der Waals surface area contributed by atoms with E-state index in [9.17, 15) is 27.5 Å². The van der Waals surface area contributed by atoms with Gasteiger partial charge in [-0.25, -0.2) is 17.6 Å². The minimum absolute atomic E-state index is 0.136. The first-order chi connectivity index (χ1) is 13.0. The molecule has 0 saturated heterocycles. The first-order valence-electron chi connectivity index (χ1n) is 8.26.